The minimum absolute atomic E-state index is 0. The van der Waals surface area contributed by atoms with Crippen molar-refractivity contribution in [2.24, 2.45) is 0 Å². The Bertz CT molecular complexity index is 507. The molecule has 1 saturated heterocycles. The smallest absolute Gasteiger partial charge is 0.224 e. The number of carbonyl (C=O) groups is 2. The largest absolute Gasteiger partial charge is 0.356 e. The Morgan fingerprint density at radius 1 is 1.00 bits per heavy atom. The van der Waals surface area contributed by atoms with Crippen molar-refractivity contribution in [3.8, 4) is 0 Å². The van der Waals surface area contributed by atoms with Crippen LogP contribution in [0.4, 0.5) is 0 Å². The summed E-state index contributed by atoms with van der Waals surface area (Å²) >= 11 is 0. The summed E-state index contributed by atoms with van der Waals surface area (Å²) in [6, 6.07) is 9.59. The highest BCUT2D eigenvalue weighted by Gasteiger charge is 2.09. The molecule has 140 valence electrons. The van der Waals surface area contributed by atoms with Gasteiger partial charge in [0.15, 0.2) is 0 Å². The van der Waals surface area contributed by atoms with Crippen LogP contribution in [-0.2, 0) is 16.0 Å². The van der Waals surface area contributed by atoms with E-state index in [-0.39, 0.29) is 24.2 Å². The molecule has 1 aromatic rings. The van der Waals surface area contributed by atoms with Crippen LogP contribution < -0.4 is 16.0 Å². The van der Waals surface area contributed by atoms with Crippen LogP contribution in [-0.4, -0.2) is 62.5 Å². The molecule has 1 heterocycles. The molecule has 0 spiro atoms. The molecule has 0 aliphatic carbocycles. The van der Waals surface area contributed by atoms with Crippen molar-refractivity contribution in [1.29, 1.82) is 0 Å². The van der Waals surface area contributed by atoms with Gasteiger partial charge in [0, 0.05) is 45.7 Å². The van der Waals surface area contributed by atoms with E-state index in [4.69, 9.17) is 0 Å². The van der Waals surface area contributed by atoms with E-state index in [1.54, 1.807) is 0 Å². The van der Waals surface area contributed by atoms with Crippen LogP contribution in [0.25, 0.3) is 0 Å². The molecule has 0 unspecified atom stereocenters. The molecule has 25 heavy (non-hydrogen) atoms. The first-order valence-corrected chi connectivity index (χ1v) is 8.74. The molecule has 1 aliphatic rings. The Morgan fingerprint density at radius 3 is 2.40 bits per heavy atom. The van der Waals surface area contributed by atoms with E-state index in [1.165, 1.54) is 0 Å². The topological polar surface area (TPSA) is 73.5 Å². The van der Waals surface area contributed by atoms with Gasteiger partial charge in [-0.1, -0.05) is 30.3 Å². The third kappa shape index (κ3) is 9.43. The fourth-order valence-corrected chi connectivity index (χ4v) is 2.71. The highest BCUT2D eigenvalue weighted by atomic mass is 35.5. The van der Waals surface area contributed by atoms with Gasteiger partial charge in [-0.25, -0.2) is 0 Å². The quantitative estimate of drug-likeness (QED) is 0.557. The van der Waals surface area contributed by atoms with Gasteiger partial charge in [0.25, 0.3) is 0 Å². The van der Waals surface area contributed by atoms with Gasteiger partial charge in [-0.05, 0) is 18.5 Å². The van der Waals surface area contributed by atoms with Crippen molar-refractivity contribution in [2.45, 2.75) is 19.3 Å². The van der Waals surface area contributed by atoms with E-state index in [9.17, 15) is 9.59 Å². The fraction of sp³-hybridized carbons (Fsp3) is 0.556. The van der Waals surface area contributed by atoms with E-state index in [0.717, 1.165) is 44.7 Å². The number of nitrogens with zero attached hydrogens (tertiary/aromatic N) is 1. The van der Waals surface area contributed by atoms with E-state index in [0.29, 0.717) is 25.9 Å². The normalized spacial score (nSPS) is 14.4. The molecular weight excluding hydrogens is 340 g/mol. The maximum Gasteiger partial charge on any atom is 0.224 e. The Labute approximate surface area is 156 Å². The first-order chi connectivity index (χ1) is 11.7. The van der Waals surface area contributed by atoms with Gasteiger partial charge < -0.3 is 20.9 Å². The predicted octanol–water partition coefficient (Wildman–Crippen LogP) is 0.569. The summed E-state index contributed by atoms with van der Waals surface area (Å²) in [5.74, 6) is -0.0528. The van der Waals surface area contributed by atoms with Crippen LogP contribution in [0, 0.1) is 0 Å². The van der Waals surface area contributed by atoms with Crippen LogP contribution in [0.15, 0.2) is 30.3 Å². The third-order valence-electron chi connectivity index (χ3n) is 4.06. The van der Waals surface area contributed by atoms with Crippen molar-refractivity contribution in [3.05, 3.63) is 35.9 Å². The molecule has 6 nitrogen and oxygen atoms in total. The minimum Gasteiger partial charge on any atom is -0.356 e. The SMILES string of the molecule is Cl.O=C(CCNC(=O)Cc1ccccc1)NCCCN1CCNCC1. The monoisotopic (exact) mass is 368 g/mol. The molecule has 0 aromatic heterocycles. The Hall–Kier alpha value is -1.63. The van der Waals surface area contributed by atoms with Crippen LogP contribution in [0.5, 0.6) is 0 Å². The van der Waals surface area contributed by atoms with Crippen molar-refractivity contribution in [3.63, 3.8) is 0 Å². The lowest BCUT2D eigenvalue weighted by Gasteiger charge is -2.27. The van der Waals surface area contributed by atoms with E-state index >= 15 is 0 Å². The average Bonchev–Trinajstić information content (AvgIpc) is 2.60. The molecule has 7 heteroatoms. The summed E-state index contributed by atoms with van der Waals surface area (Å²) in [6.45, 7) is 6.37. The Kier molecular flexibility index (Phi) is 10.9. The lowest BCUT2D eigenvalue weighted by molar-refractivity contribution is -0.122. The lowest BCUT2D eigenvalue weighted by Crippen LogP contribution is -2.44. The molecule has 0 radical (unpaired) electrons. The standard InChI is InChI=1S/C18H28N4O2.ClH/c23-17(20-8-4-12-22-13-10-19-11-14-22)7-9-21-18(24)15-16-5-2-1-3-6-16;/h1-3,5-6,19H,4,7-15H2,(H,20,23)(H,21,24);1H. The number of piperazine rings is 1. The van der Waals surface area contributed by atoms with Gasteiger partial charge in [-0.3, -0.25) is 9.59 Å². The van der Waals surface area contributed by atoms with Gasteiger partial charge in [-0.15, -0.1) is 12.4 Å². The van der Waals surface area contributed by atoms with E-state index in [2.05, 4.69) is 20.9 Å². The zero-order valence-corrected chi connectivity index (χ0v) is 15.4. The average molecular weight is 369 g/mol. The van der Waals surface area contributed by atoms with E-state index in [1.807, 2.05) is 30.3 Å². The molecule has 0 saturated carbocycles. The van der Waals surface area contributed by atoms with Crippen LogP contribution >= 0.6 is 12.4 Å². The molecule has 0 bridgehead atoms. The summed E-state index contributed by atoms with van der Waals surface area (Å²) in [4.78, 5) is 25.9. The number of hydrogen-bond acceptors (Lipinski definition) is 4. The Morgan fingerprint density at radius 2 is 1.68 bits per heavy atom. The summed E-state index contributed by atoms with van der Waals surface area (Å²) in [7, 11) is 0. The number of benzene rings is 1. The number of halogens is 1. The van der Waals surface area contributed by atoms with Gasteiger partial charge in [0.1, 0.15) is 0 Å². The first kappa shape index (κ1) is 21.4. The maximum atomic E-state index is 11.8. The molecular formula is C18H29ClN4O2. The van der Waals surface area contributed by atoms with Crippen LogP contribution in [0.2, 0.25) is 0 Å². The summed E-state index contributed by atoms with van der Waals surface area (Å²) in [6.07, 6.45) is 1.65. The fourth-order valence-electron chi connectivity index (χ4n) is 2.71. The van der Waals surface area contributed by atoms with Gasteiger partial charge in [0.05, 0.1) is 6.42 Å². The lowest BCUT2D eigenvalue weighted by atomic mass is 10.1. The molecule has 1 aliphatic heterocycles. The minimum atomic E-state index is -0.0484. The molecule has 1 aromatic carbocycles. The van der Waals surface area contributed by atoms with Crippen molar-refractivity contribution in [1.82, 2.24) is 20.9 Å². The van der Waals surface area contributed by atoms with Crippen molar-refractivity contribution in [2.75, 3.05) is 45.8 Å². The maximum absolute atomic E-state index is 11.8. The number of hydrogen-bond donors (Lipinski definition) is 3. The summed E-state index contributed by atoms with van der Waals surface area (Å²) < 4.78 is 0. The molecule has 2 amide bonds. The zero-order valence-electron chi connectivity index (χ0n) is 14.6. The highest BCUT2D eigenvalue weighted by molar-refractivity contribution is 5.85. The highest BCUT2D eigenvalue weighted by Crippen LogP contribution is 1.99. The molecule has 1 fully saturated rings. The van der Waals surface area contributed by atoms with Crippen LogP contribution in [0.1, 0.15) is 18.4 Å². The molecule has 3 N–H and O–H groups in total. The third-order valence-corrected chi connectivity index (χ3v) is 4.06. The first-order valence-electron chi connectivity index (χ1n) is 8.74. The van der Waals surface area contributed by atoms with Gasteiger partial charge in [0.2, 0.25) is 11.8 Å². The van der Waals surface area contributed by atoms with Crippen LogP contribution in [0.3, 0.4) is 0 Å². The second kappa shape index (κ2) is 12.7. The number of amides is 2. The Balaban J connectivity index is 0.00000312. The number of nitrogens with one attached hydrogen (secondary N) is 3. The van der Waals surface area contributed by atoms with Gasteiger partial charge >= 0.3 is 0 Å². The summed E-state index contributed by atoms with van der Waals surface area (Å²) in [5, 5.41) is 9.03. The van der Waals surface area contributed by atoms with Crippen molar-refractivity contribution < 1.29 is 9.59 Å². The van der Waals surface area contributed by atoms with Crippen molar-refractivity contribution >= 4 is 24.2 Å². The number of rotatable bonds is 9. The molecule has 0 atom stereocenters. The second-order valence-corrected chi connectivity index (χ2v) is 6.06. The van der Waals surface area contributed by atoms with Gasteiger partial charge in [-0.2, -0.15) is 0 Å². The zero-order chi connectivity index (χ0) is 17.0. The summed E-state index contributed by atoms with van der Waals surface area (Å²) in [5.41, 5.74) is 0.979. The number of carbonyl (C=O) groups excluding carboxylic acids is 2. The predicted molar refractivity (Wildman–Crippen MR) is 102 cm³/mol. The second-order valence-electron chi connectivity index (χ2n) is 6.06. The molecule has 2 rings (SSSR count). The van der Waals surface area contributed by atoms with E-state index < -0.39 is 0 Å².